The summed E-state index contributed by atoms with van der Waals surface area (Å²) in [6, 6.07) is 0.618. The normalized spacial score (nSPS) is 23.8. The second-order valence-electron chi connectivity index (χ2n) is 5.56. The molecule has 1 unspecified atom stereocenters. The summed E-state index contributed by atoms with van der Waals surface area (Å²) < 4.78 is 0. The maximum atomic E-state index is 9.49. The Morgan fingerprint density at radius 3 is 2.13 bits per heavy atom. The number of aliphatic hydroxyl groups is 1. The molecule has 2 heteroatoms. The van der Waals surface area contributed by atoms with Crippen molar-refractivity contribution in [2.45, 2.75) is 70.9 Å². The molecule has 0 heterocycles. The molecule has 1 aliphatic rings. The van der Waals surface area contributed by atoms with E-state index in [1.54, 1.807) is 0 Å². The Hall–Kier alpha value is -0.0800. The third-order valence-electron chi connectivity index (χ3n) is 3.99. The van der Waals surface area contributed by atoms with Gasteiger partial charge in [-0.1, -0.05) is 39.5 Å². The summed E-state index contributed by atoms with van der Waals surface area (Å²) in [5.41, 5.74) is -0.102. The molecule has 90 valence electrons. The van der Waals surface area contributed by atoms with Crippen molar-refractivity contribution in [2.75, 3.05) is 6.61 Å². The fourth-order valence-electron chi connectivity index (χ4n) is 2.28. The lowest BCUT2D eigenvalue weighted by molar-refractivity contribution is 0.117. The van der Waals surface area contributed by atoms with Crippen molar-refractivity contribution in [3.05, 3.63) is 0 Å². The Kier molecular flexibility index (Phi) is 5.07. The minimum atomic E-state index is -0.102. The lowest BCUT2D eigenvalue weighted by atomic mass is 9.87. The molecule has 0 aromatic heterocycles. The van der Waals surface area contributed by atoms with Crippen molar-refractivity contribution in [3.8, 4) is 0 Å². The first-order valence-electron chi connectivity index (χ1n) is 6.47. The summed E-state index contributed by atoms with van der Waals surface area (Å²) in [5.74, 6) is 0.478. The zero-order valence-electron chi connectivity index (χ0n) is 10.6. The van der Waals surface area contributed by atoms with Gasteiger partial charge in [0.05, 0.1) is 6.61 Å². The van der Waals surface area contributed by atoms with E-state index in [1.165, 1.54) is 38.5 Å². The van der Waals surface area contributed by atoms with Crippen LogP contribution in [0.1, 0.15) is 59.3 Å². The third kappa shape index (κ3) is 3.76. The highest BCUT2D eigenvalue weighted by atomic mass is 16.3. The van der Waals surface area contributed by atoms with Gasteiger partial charge in [-0.25, -0.2) is 0 Å². The molecule has 15 heavy (non-hydrogen) atoms. The lowest BCUT2D eigenvalue weighted by Gasteiger charge is -2.37. The highest BCUT2D eigenvalue weighted by Crippen LogP contribution is 2.22. The van der Waals surface area contributed by atoms with Crippen LogP contribution in [0.4, 0.5) is 0 Å². The van der Waals surface area contributed by atoms with Crippen LogP contribution in [0.25, 0.3) is 0 Å². The third-order valence-corrected chi connectivity index (χ3v) is 3.99. The highest BCUT2D eigenvalue weighted by molar-refractivity contribution is 4.89. The molecule has 2 nitrogen and oxygen atoms in total. The minimum absolute atomic E-state index is 0.102. The van der Waals surface area contributed by atoms with Crippen molar-refractivity contribution >= 4 is 0 Å². The van der Waals surface area contributed by atoms with E-state index in [0.29, 0.717) is 12.0 Å². The number of aliphatic hydroxyl groups excluding tert-OH is 1. The monoisotopic (exact) mass is 213 g/mol. The zero-order valence-corrected chi connectivity index (χ0v) is 10.6. The molecule has 0 saturated heterocycles. The topological polar surface area (TPSA) is 32.3 Å². The molecule has 0 aromatic carbocycles. The largest absolute Gasteiger partial charge is 0.394 e. The molecule has 1 saturated carbocycles. The van der Waals surface area contributed by atoms with Crippen LogP contribution in [-0.4, -0.2) is 23.3 Å². The van der Waals surface area contributed by atoms with Crippen LogP contribution in [0.15, 0.2) is 0 Å². The average molecular weight is 213 g/mol. The fourth-order valence-corrected chi connectivity index (χ4v) is 2.28. The van der Waals surface area contributed by atoms with Gasteiger partial charge in [-0.2, -0.15) is 0 Å². The Morgan fingerprint density at radius 2 is 1.73 bits per heavy atom. The van der Waals surface area contributed by atoms with Crippen LogP contribution in [0.3, 0.4) is 0 Å². The van der Waals surface area contributed by atoms with Gasteiger partial charge in [0.2, 0.25) is 0 Å². The average Bonchev–Trinajstić information content (AvgIpc) is 2.46. The minimum Gasteiger partial charge on any atom is -0.394 e. The maximum absolute atomic E-state index is 9.49. The number of nitrogens with one attached hydrogen (secondary N) is 1. The van der Waals surface area contributed by atoms with E-state index in [0.717, 1.165) is 0 Å². The maximum Gasteiger partial charge on any atom is 0.0613 e. The van der Waals surface area contributed by atoms with Gasteiger partial charge in [0, 0.05) is 11.6 Å². The van der Waals surface area contributed by atoms with Crippen LogP contribution in [0, 0.1) is 5.92 Å². The molecule has 1 aliphatic carbocycles. The molecule has 0 aliphatic heterocycles. The number of hydrogen-bond acceptors (Lipinski definition) is 2. The summed E-state index contributed by atoms with van der Waals surface area (Å²) in [7, 11) is 0. The van der Waals surface area contributed by atoms with Crippen molar-refractivity contribution in [1.82, 2.24) is 5.32 Å². The van der Waals surface area contributed by atoms with Gasteiger partial charge >= 0.3 is 0 Å². The van der Waals surface area contributed by atoms with Crippen molar-refractivity contribution in [2.24, 2.45) is 5.92 Å². The smallest absolute Gasteiger partial charge is 0.0613 e. The van der Waals surface area contributed by atoms with E-state index in [1.807, 2.05) is 0 Å². The van der Waals surface area contributed by atoms with E-state index in [-0.39, 0.29) is 12.1 Å². The summed E-state index contributed by atoms with van der Waals surface area (Å²) in [6.07, 6.45) is 8.02. The molecular formula is C13H27NO. The number of rotatable bonds is 4. The van der Waals surface area contributed by atoms with Crippen LogP contribution in [-0.2, 0) is 0 Å². The lowest BCUT2D eigenvalue weighted by Crippen LogP contribution is -2.54. The van der Waals surface area contributed by atoms with E-state index >= 15 is 0 Å². The van der Waals surface area contributed by atoms with E-state index in [9.17, 15) is 5.11 Å². The molecule has 0 bridgehead atoms. The van der Waals surface area contributed by atoms with E-state index in [4.69, 9.17) is 0 Å². The highest BCUT2D eigenvalue weighted by Gasteiger charge is 2.29. The Morgan fingerprint density at radius 1 is 1.20 bits per heavy atom. The van der Waals surface area contributed by atoms with Gasteiger partial charge in [0.25, 0.3) is 0 Å². The van der Waals surface area contributed by atoms with Gasteiger partial charge in [-0.05, 0) is 25.7 Å². The van der Waals surface area contributed by atoms with Crippen molar-refractivity contribution < 1.29 is 5.11 Å². The first-order chi connectivity index (χ1) is 7.08. The first kappa shape index (κ1) is 13.0. The predicted molar refractivity (Wildman–Crippen MR) is 65.0 cm³/mol. The first-order valence-corrected chi connectivity index (χ1v) is 6.47. The van der Waals surface area contributed by atoms with Crippen LogP contribution in [0.2, 0.25) is 0 Å². The van der Waals surface area contributed by atoms with Gasteiger partial charge < -0.3 is 10.4 Å². The number of hydrogen-bond donors (Lipinski definition) is 2. The van der Waals surface area contributed by atoms with E-state index < -0.39 is 0 Å². The summed E-state index contributed by atoms with van der Waals surface area (Å²) in [6.45, 7) is 6.74. The second-order valence-corrected chi connectivity index (χ2v) is 5.56. The van der Waals surface area contributed by atoms with Gasteiger partial charge in [-0.3, -0.25) is 0 Å². The molecule has 1 atom stereocenters. The Balaban J connectivity index is 2.49. The molecule has 1 fully saturated rings. The molecule has 0 aromatic rings. The van der Waals surface area contributed by atoms with Crippen LogP contribution in [0.5, 0.6) is 0 Å². The standard InChI is InChI=1S/C13H27NO/c1-11(2)13(3,10-15)14-12-8-6-4-5-7-9-12/h11-12,14-15H,4-10H2,1-3H3. The summed E-state index contributed by atoms with van der Waals surface area (Å²) >= 11 is 0. The SMILES string of the molecule is CC(C)C(C)(CO)NC1CCCCCC1. The Labute approximate surface area is 94.5 Å². The van der Waals surface area contributed by atoms with Crippen LogP contribution >= 0.6 is 0 Å². The second kappa shape index (κ2) is 5.86. The molecule has 2 N–H and O–H groups in total. The fraction of sp³-hybridized carbons (Fsp3) is 1.00. The zero-order chi connectivity index (χ0) is 11.3. The molecule has 1 rings (SSSR count). The molecule has 0 radical (unpaired) electrons. The van der Waals surface area contributed by atoms with Crippen molar-refractivity contribution in [1.29, 1.82) is 0 Å². The van der Waals surface area contributed by atoms with Crippen LogP contribution < -0.4 is 5.32 Å². The predicted octanol–water partition coefficient (Wildman–Crippen LogP) is 2.71. The molecule has 0 spiro atoms. The van der Waals surface area contributed by atoms with E-state index in [2.05, 4.69) is 26.1 Å². The van der Waals surface area contributed by atoms with Crippen molar-refractivity contribution in [3.63, 3.8) is 0 Å². The quantitative estimate of drug-likeness (QED) is 0.704. The molecular weight excluding hydrogens is 186 g/mol. The summed E-state index contributed by atoms with van der Waals surface area (Å²) in [4.78, 5) is 0. The summed E-state index contributed by atoms with van der Waals surface area (Å²) in [5, 5.41) is 13.2. The van der Waals surface area contributed by atoms with Gasteiger partial charge in [0.1, 0.15) is 0 Å². The van der Waals surface area contributed by atoms with Gasteiger partial charge in [0.15, 0.2) is 0 Å². The molecule has 0 amide bonds. The van der Waals surface area contributed by atoms with Gasteiger partial charge in [-0.15, -0.1) is 0 Å². The Bertz CT molecular complexity index is 173.